The third-order valence-corrected chi connectivity index (χ3v) is 6.10. The van der Waals surface area contributed by atoms with E-state index in [2.05, 4.69) is 60.7 Å². The van der Waals surface area contributed by atoms with Gasteiger partial charge >= 0.3 is 0 Å². The van der Waals surface area contributed by atoms with Gasteiger partial charge in [-0.25, -0.2) is 0 Å². The number of hydrogen-bond acceptors (Lipinski definition) is 2. The van der Waals surface area contributed by atoms with Crippen molar-refractivity contribution in [1.29, 1.82) is 0 Å². The lowest BCUT2D eigenvalue weighted by Crippen LogP contribution is -2.20. The molecule has 0 heterocycles. The first-order valence-electron chi connectivity index (χ1n) is 6.70. The molecule has 0 atom stereocenters. The molecule has 104 valence electrons. The summed E-state index contributed by atoms with van der Waals surface area (Å²) >= 11 is 0.801. The zero-order chi connectivity index (χ0) is 14.5. The summed E-state index contributed by atoms with van der Waals surface area (Å²) in [6.45, 7) is 0. The minimum Gasteiger partial charge on any atom is -0.325 e. The van der Waals surface area contributed by atoms with E-state index in [-0.39, 0.29) is 0 Å². The van der Waals surface area contributed by atoms with E-state index in [0.29, 0.717) is 0 Å². The van der Waals surface area contributed by atoms with Gasteiger partial charge in [-0.2, -0.15) is 0 Å². The molecule has 0 radical (unpaired) electrons. The Morgan fingerprint density at radius 1 is 0.619 bits per heavy atom. The second kappa shape index (κ2) is 6.91. The van der Waals surface area contributed by atoms with Gasteiger partial charge in [0.1, 0.15) is 0 Å². The van der Waals surface area contributed by atoms with Gasteiger partial charge in [-0.05, 0) is 36.0 Å². The highest BCUT2D eigenvalue weighted by atomic mass is 32.2. The zero-order valence-corrected chi connectivity index (χ0v) is 13.1. The third-order valence-electron chi connectivity index (χ3n) is 3.21. The summed E-state index contributed by atoms with van der Waals surface area (Å²) in [4.78, 5) is 0.881. The van der Waals surface area contributed by atoms with Crippen molar-refractivity contribution < 1.29 is 4.55 Å². The van der Waals surface area contributed by atoms with Crippen molar-refractivity contribution in [3.8, 4) is 0 Å². The first-order valence-corrected chi connectivity index (χ1v) is 8.82. The average molecular weight is 310 g/mol. The van der Waals surface area contributed by atoms with Gasteiger partial charge in [-0.3, -0.25) is 0 Å². The summed E-state index contributed by atoms with van der Waals surface area (Å²) in [5, 5.41) is 3.89. The minimum absolute atomic E-state index is 0.592. The van der Waals surface area contributed by atoms with Gasteiger partial charge in [0.05, 0.1) is 0 Å². The Bertz CT molecular complexity index is 661. The molecule has 1 nitrogen and oxygen atoms in total. The predicted octanol–water partition coefficient (Wildman–Crippen LogP) is 4.01. The Morgan fingerprint density at radius 2 is 1.14 bits per heavy atom. The Kier molecular flexibility index (Phi) is 4.72. The summed E-state index contributed by atoms with van der Waals surface area (Å²) in [6.07, 6.45) is 0. The van der Waals surface area contributed by atoms with Crippen LogP contribution in [0, 0.1) is 0 Å². The zero-order valence-electron chi connectivity index (χ0n) is 11.4. The monoisotopic (exact) mass is 310 g/mol. The predicted molar refractivity (Wildman–Crippen MR) is 93.6 cm³/mol. The molecule has 3 heteroatoms. The van der Waals surface area contributed by atoms with Crippen LogP contribution in [-0.2, 0) is 0 Å². The molecule has 0 amide bonds. The quantitative estimate of drug-likeness (QED) is 0.580. The van der Waals surface area contributed by atoms with E-state index < -0.39 is 7.92 Å². The van der Waals surface area contributed by atoms with Crippen molar-refractivity contribution in [3.05, 3.63) is 84.9 Å². The summed E-state index contributed by atoms with van der Waals surface area (Å²) < 4.78 is 9.31. The standard InChI is InChI=1S/C18H15OPS/c19-21-18-13-7-12-17(14-18)20(15-8-3-1-4-9-15)16-10-5-2-6-11-16/h1-14,19H. The maximum Gasteiger partial charge on any atom is 0.0357 e. The van der Waals surface area contributed by atoms with Gasteiger partial charge in [0.15, 0.2) is 0 Å². The molecule has 0 saturated carbocycles. The SMILES string of the molecule is OSc1cccc(P(c2ccccc2)c2ccccc2)c1. The van der Waals surface area contributed by atoms with Crippen LogP contribution in [0.3, 0.4) is 0 Å². The largest absolute Gasteiger partial charge is 0.325 e. The van der Waals surface area contributed by atoms with Gasteiger partial charge in [0.25, 0.3) is 0 Å². The van der Waals surface area contributed by atoms with E-state index in [1.165, 1.54) is 15.9 Å². The van der Waals surface area contributed by atoms with Crippen molar-refractivity contribution in [2.75, 3.05) is 0 Å². The van der Waals surface area contributed by atoms with Crippen LogP contribution in [0.1, 0.15) is 0 Å². The second-order valence-electron chi connectivity index (χ2n) is 4.60. The molecule has 3 aromatic carbocycles. The van der Waals surface area contributed by atoms with Crippen LogP contribution in [0.2, 0.25) is 0 Å². The van der Waals surface area contributed by atoms with Crippen LogP contribution in [0.5, 0.6) is 0 Å². The van der Waals surface area contributed by atoms with Crippen LogP contribution < -0.4 is 15.9 Å². The molecule has 1 N–H and O–H groups in total. The fourth-order valence-corrected chi connectivity index (χ4v) is 5.03. The van der Waals surface area contributed by atoms with Gasteiger partial charge in [0, 0.05) is 16.9 Å². The van der Waals surface area contributed by atoms with Crippen LogP contribution in [0.15, 0.2) is 89.8 Å². The molecular formula is C18H15OPS. The van der Waals surface area contributed by atoms with Crippen molar-refractivity contribution >= 4 is 35.9 Å². The van der Waals surface area contributed by atoms with Gasteiger partial charge in [0.2, 0.25) is 0 Å². The maximum absolute atomic E-state index is 9.31. The Labute approximate surface area is 130 Å². The molecule has 0 aromatic heterocycles. The van der Waals surface area contributed by atoms with Crippen molar-refractivity contribution in [3.63, 3.8) is 0 Å². The van der Waals surface area contributed by atoms with E-state index in [0.717, 1.165) is 16.9 Å². The topological polar surface area (TPSA) is 20.2 Å². The van der Waals surface area contributed by atoms with Gasteiger partial charge < -0.3 is 4.55 Å². The molecule has 0 aliphatic rings. The molecule has 0 aliphatic carbocycles. The highest BCUT2D eigenvalue weighted by molar-refractivity contribution is 7.93. The Hall–Kier alpha value is -1.60. The second-order valence-corrected chi connectivity index (χ2v) is 7.47. The van der Waals surface area contributed by atoms with Crippen LogP contribution in [0.25, 0.3) is 0 Å². The lowest BCUT2D eigenvalue weighted by atomic mass is 10.3. The van der Waals surface area contributed by atoms with Crippen molar-refractivity contribution in [2.24, 2.45) is 0 Å². The first-order chi connectivity index (χ1) is 10.4. The average Bonchev–Trinajstić information content (AvgIpc) is 2.57. The molecule has 0 aliphatic heterocycles. The molecule has 0 unspecified atom stereocenters. The van der Waals surface area contributed by atoms with Crippen molar-refractivity contribution in [2.45, 2.75) is 4.90 Å². The lowest BCUT2D eigenvalue weighted by molar-refractivity contribution is 0.664. The number of hydrogen-bond donors (Lipinski definition) is 1. The fourth-order valence-electron chi connectivity index (χ4n) is 2.28. The molecule has 0 fully saturated rings. The van der Waals surface area contributed by atoms with E-state index in [1.807, 2.05) is 24.3 Å². The molecule has 0 bridgehead atoms. The summed E-state index contributed by atoms with van der Waals surface area (Å²) in [7, 11) is -0.592. The fraction of sp³-hybridized carbons (Fsp3) is 0. The summed E-state index contributed by atoms with van der Waals surface area (Å²) in [5.41, 5.74) is 0. The van der Waals surface area contributed by atoms with Crippen LogP contribution >= 0.6 is 20.0 Å². The van der Waals surface area contributed by atoms with Gasteiger partial charge in [-0.15, -0.1) is 0 Å². The first kappa shape index (κ1) is 14.3. The summed E-state index contributed by atoms with van der Waals surface area (Å²) in [5.74, 6) is 0. The molecule has 3 rings (SSSR count). The highest BCUT2D eigenvalue weighted by Gasteiger charge is 2.16. The minimum atomic E-state index is -0.592. The maximum atomic E-state index is 9.31. The van der Waals surface area contributed by atoms with E-state index in [9.17, 15) is 4.55 Å². The molecule has 0 saturated heterocycles. The van der Waals surface area contributed by atoms with E-state index in [1.54, 1.807) is 0 Å². The summed E-state index contributed by atoms with van der Waals surface area (Å²) in [6, 6.07) is 29.3. The van der Waals surface area contributed by atoms with Gasteiger partial charge in [-0.1, -0.05) is 72.8 Å². The molecule has 0 spiro atoms. The number of benzene rings is 3. The molecule has 21 heavy (non-hydrogen) atoms. The van der Waals surface area contributed by atoms with Crippen LogP contribution in [-0.4, -0.2) is 4.55 Å². The van der Waals surface area contributed by atoms with E-state index in [4.69, 9.17) is 0 Å². The smallest absolute Gasteiger partial charge is 0.0357 e. The normalized spacial score (nSPS) is 10.8. The third kappa shape index (κ3) is 3.36. The van der Waals surface area contributed by atoms with Crippen LogP contribution in [0.4, 0.5) is 0 Å². The Morgan fingerprint density at radius 3 is 1.67 bits per heavy atom. The van der Waals surface area contributed by atoms with E-state index >= 15 is 0 Å². The molecular weight excluding hydrogens is 295 g/mol. The molecule has 3 aromatic rings. The highest BCUT2D eigenvalue weighted by Crippen LogP contribution is 2.33. The lowest BCUT2D eigenvalue weighted by Gasteiger charge is -2.19. The Balaban J connectivity index is 2.12. The number of rotatable bonds is 4. The van der Waals surface area contributed by atoms with Crippen molar-refractivity contribution in [1.82, 2.24) is 0 Å².